The molecule has 1 saturated heterocycles. The fourth-order valence-corrected chi connectivity index (χ4v) is 2.69. The first kappa shape index (κ1) is 11.6. The van der Waals surface area contributed by atoms with Crippen molar-refractivity contribution in [2.24, 2.45) is 5.92 Å². The summed E-state index contributed by atoms with van der Waals surface area (Å²) in [6.45, 7) is 2.17. The van der Waals surface area contributed by atoms with Gasteiger partial charge in [-0.15, -0.1) is 0 Å². The largest absolute Gasteiger partial charge is 0.481 e. The van der Waals surface area contributed by atoms with Crippen molar-refractivity contribution in [3.8, 4) is 5.88 Å². The molecule has 1 aliphatic rings. The molecule has 1 aliphatic heterocycles. The van der Waals surface area contributed by atoms with Crippen LogP contribution in [0.4, 0.5) is 5.82 Å². The number of anilines is 1. The van der Waals surface area contributed by atoms with Gasteiger partial charge >= 0.3 is 0 Å². The van der Waals surface area contributed by atoms with Gasteiger partial charge in [0.25, 0.3) is 0 Å². The summed E-state index contributed by atoms with van der Waals surface area (Å²) < 4.78 is 5.10. The molecule has 4 nitrogen and oxygen atoms in total. The summed E-state index contributed by atoms with van der Waals surface area (Å²) in [6, 6.07) is 1.90. The van der Waals surface area contributed by atoms with Crippen molar-refractivity contribution >= 4 is 21.7 Å². The molecule has 0 saturated carbocycles. The van der Waals surface area contributed by atoms with Crippen molar-refractivity contribution in [1.82, 2.24) is 9.97 Å². The molecule has 2 heterocycles. The lowest BCUT2D eigenvalue weighted by atomic mass is 10.1. The lowest BCUT2D eigenvalue weighted by molar-refractivity contribution is 0.397. The summed E-state index contributed by atoms with van der Waals surface area (Å²) in [5.74, 6) is 2.39. The fraction of sp³-hybridized carbons (Fsp3) is 0.636. The molecule has 1 unspecified atom stereocenters. The van der Waals surface area contributed by atoms with Crippen LogP contribution in [-0.2, 0) is 0 Å². The number of alkyl halides is 1. The first-order valence-corrected chi connectivity index (χ1v) is 6.62. The van der Waals surface area contributed by atoms with Crippen molar-refractivity contribution in [2.45, 2.75) is 12.8 Å². The minimum atomic E-state index is 0.633. The molecule has 0 bridgehead atoms. The summed E-state index contributed by atoms with van der Waals surface area (Å²) in [6.07, 6.45) is 4.04. The van der Waals surface area contributed by atoms with Crippen LogP contribution in [0.15, 0.2) is 12.4 Å². The Bertz CT molecular complexity index is 348. The monoisotopic (exact) mass is 285 g/mol. The minimum absolute atomic E-state index is 0.633. The second-order valence-corrected chi connectivity index (χ2v) is 4.79. The first-order valence-electron chi connectivity index (χ1n) is 5.50. The summed E-state index contributed by atoms with van der Waals surface area (Å²) >= 11 is 3.49. The third kappa shape index (κ3) is 2.64. The van der Waals surface area contributed by atoms with E-state index in [0.717, 1.165) is 30.2 Å². The van der Waals surface area contributed by atoms with Gasteiger partial charge in [-0.2, -0.15) is 0 Å². The van der Waals surface area contributed by atoms with E-state index in [1.807, 2.05) is 6.07 Å². The number of rotatable bonds is 4. The highest BCUT2D eigenvalue weighted by Crippen LogP contribution is 2.25. The highest BCUT2D eigenvalue weighted by Gasteiger charge is 2.23. The molecule has 1 aromatic heterocycles. The summed E-state index contributed by atoms with van der Waals surface area (Å²) in [4.78, 5) is 10.6. The van der Waals surface area contributed by atoms with Crippen LogP contribution in [-0.4, -0.2) is 35.5 Å². The predicted molar refractivity (Wildman–Crippen MR) is 67.3 cm³/mol. The van der Waals surface area contributed by atoms with Crippen LogP contribution in [0.2, 0.25) is 0 Å². The van der Waals surface area contributed by atoms with Crippen LogP contribution >= 0.6 is 15.9 Å². The SMILES string of the molecule is COc1cc(N2CCC(CCBr)C2)ncn1. The Morgan fingerprint density at radius 2 is 2.44 bits per heavy atom. The van der Waals surface area contributed by atoms with Crippen molar-refractivity contribution in [3.63, 3.8) is 0 Å². The smallest absolute Gasteiger partial charge is 0.218 e. The molecular formula is C11H16BrN3O. The van der Waals surface area contributed by atoms with E-state index in [9.17, 15) is 0 Å². The normalized spacial score (nSPS) is 20.1. The van der Waals surface area contributed by atoms with E-state index in [0.29, 0.717) is 5.88 Å². The van der Waals surface area contributed by atoms with Gasteiger partial charge in [-0.05, 0) is 18.8 Å². The molecule has 0 aromatic carbocycles. The molecule has 1 fully saturated rings. The molecule has 1 atom stereocenters. The van der Waals surface area contributed by atoms with Crippen molar-refractivity contribution in [2.75, 3.05) is 30.4 Å². The number of halogens is 1. The van der Waals surface area contributed by atoms with E-state index in [1.165, 1.54) is 12.8 Å². The maximum absolute atomic E-state index is 5.10. The van der Waals surface area contributed by atoms with Gasteiger partial charge in [0.05, 0.1) is 7.11 Å². The Kier molecular flexibility index (Phi) is 3.98. The van der Waals surface area contributed by atoms with Gasteiger partial charge in [0.1, 0.15) is 12.1 Å². The Hall–Kier alpha value is -0.840. The van der Waals surface area contributed by atoms with Crippen LogP contribution < -0.4 is 9.64 Å². The first-order chi connectivity index (χ1) is 7.83. The second kappa shape index (κ2) is 5.48. The third-order valence-electron chi connectivity index (χ3n) is 2.96. The summed E-state index contributed by atoms with van der Waals surface area (Å²) in [5, 5.41) is 1.08. The van der Waals surface area contributed by atoms with Crippen LogP contribution in [0.1, 0.15) is 12.8 Å². The summed E-state index contributed by atoms with van der Waals surface area (Å²) in [7, 11) is 1.63. The molecule has 2 rings (SSSR count). The van der Waals surface area contributed by atoms with E-state index in [2.05, 4.69) is 30.8 Å². The van der Waals surface area contributed by atoms with Gasteiger partial charge in [0.15, 0.2) is 0 Å². The number of hydrogen-bond acceptors (Lipinski definition) is 4. The molecule has 0 aliphatic carbocycles. The minimum Gasteiger partial charge on any atom is -0.481 e. The summed E-state index contributed by atoms with van der Waals surface area (Å²) in [5.41, 5.74) is 0. The zero-order valence-corrected chi connectivity index (χ0v) is 11.0. The van der Waals surface area contributed by atoms with E-state index < -0.39 is 0 Å². The van der Waals surface area contributed by atoms with E-state index in [-0.39, 0.29) is 0 Å². The van der Waals surface area contributed by atoms with Gasteiger partial charge in [-0.1, -0.05) is 15.9 Å². The third-order valence-corrected chi connectivity index (χ3v) is 3.42. The Labute approximate surface area is 104 Å². The van der Waals surface area contributed by atoms with Crippen LogP contribution in [0, 0.1) is 5.92 Å². The van der Waals surface area contributed by atoms with Gasteiger partial charge in [0, 0.05) is 24.5 Å². The number of aromatic nitrogens is 2. The van der Waals surface area contributed by atoms with Crippen molar-refractivity contribution < 1.29 is 4.74 Å². The molecule has 0 spiro atoms. The Balaban J connectivity index is 2.02. The molecule has 16 heavy (non-hydrogen) atoms. The predicted octanol–water partition coefficient (Wildman–Crippen LogP) is 2.10. The number of methoxy groups -OCH3 is 1. The molecule has 0 amide bonds. The van der Waals surface area contributed by atoms with E-state index >= 15 is 0 Å². The van der Waals surface area contributed by atoms with Crippen LogP contribution in [0.5, 0.6) is 5.88 Å². The van der Waals surface area contributed by atoms with Crippen LogP contribution in [0.3, 0.4) is 0 Å². The zero-order valence-electron chi connectivity index (χ0n) is 9.40. The van der Waals surface area contributed by atoms with Crippen LogP contribution in [0.25, 0.3) is 0 Å². The van der Waals surface area contributed by atoms with Gasteiger partial charge in [0.2, 0.25) is 5.88 Å². The lowest BCUT2D eigenvalue weighted by Gasteiger charge is -2.17. The molecule has 0 radical (unpaired) electrons. The fourth-order valence-electron chi connectivity index (χ4n) is 2.05. The standard InChI is InChI=1S/C11H16BrN3O/c1-16-11-6-10(13-8-14-11)15-5-3-9(7-15)2-4-12/h6,8-9H,2-5,7H2,1H3. The van der Waals surface area contributed by atoms with E-state index in [4.69, 9.17) is 4.74 Å². The highest BCUT2D eigenvalue weighted by molar-refractivity contribution is 9.09. The average Bonchev–Trinajstić information content (AvgIpc) is 2.78. The number of nitrogens with zero attached hydrogens (tertiary/aromatic N) is 3. The molecular weight excluding hydrogens is 270 g/mol. The topological polar surface area (TPSA) is 38.2 Å². The van der Waals surface area contributed by atoms with Crippen molar-refractivity contribution in [1.29, 1.82) is 0 Å². The molecule has 5 heteroatoms. The lowest BCUT2D eigenvalue weighted by Crippen LogP contribution is -2.21. The Morgan fingerprint density at radius 1 is 1.56 bits per heavy atom. The maximum atomic E-state index is 5.10. The highest BCUT2D eigenvalue weighted by atomic mass is 79.9. The van der Waals surface area contributed by atoms with Gasteiger partial charge in [-0.3, -0.25) is 0 Å². The van der Waals surface area contributed by atoms with Gasteiger partial charge in [-0.25, -0.2) is 9.97 Å². The number of ether oxygens (including phenoxy) is 1. The molecule has 0 N–H and O–H groups in total. The second-order valence-electron chi connectivity index (χ2n) is 4.00. The zero-order chi connectivity index (χ0) is 11.4. The average molecular weight is 286 g/mol. The quantitative estimate of drug-likeness (QED) is 0.794. The van der Waals surface area contributed by atoms with Gasteiger partial charge < -0.3 is 9.64 Å². The maximum Gasteiger partial charge on any atom is 0.218 e. The number of hydrogen-bond donors (Lipinski definition) is 0. The molecule has 88 valence electrons. The van der Waals surface area contributed by atoms with Crippen molar-refractivity contribution in [3.05, 3.63) is 12.4 Å². The Morgan fingerprint density at radius 3 is 3.19 bits per heavy atom. The van der Waals surface area contributed by atoms with E-state index in [1.54, 1.807) is 13.4 Å². The molecule has 1 aromatic rings.